The lowest BCUT2D eigenvalue weighted by Crippen LogP contribution is -2.53. The average molecular weight is 433 g/mol. The van der Waals surface area contributed by atoms with Gasteiger partial charge < -0.3 is 10.2 Å². The molecule has 170 valence electrons. The van der Waals surface area contributed by atoms with E-state index in [0.29, 0.717) is 5.69 Å². The van der Waals surface area contributed by atoms with Crippen molar-refractivity contribution in [1.82, 2.24) is 14.7 Å². The summed E-state index contributed by atoms with van der Waals surface area (Å²) in [6, 6.07) is 3.84. The van der Waals surface area contributed by atoms with Gasteiger partial charge in [0, 0.05) is 17.4 Å². The first-order valence-electron chi connectivity index (χ1n) is 10.8. The molecule has 0 atom stereocenters. The first-order chi connectivity index (χ1) is 14.9. The number of allylic oxidation sites excluding steroid dienone is 2. The normalized spacial score (nSPS) is 13.3. The van der Waals surface area contributed by atoms with E-state index in [4.69, 9.17) is 0 Å². The molecule has 1 aromatic carbocycles. The van der Waals surface area contributed by atoms with Gasteiger partial charge in [-0.15, -0.1) is 0 Å². The molecule has 0 bridgehead atoms. The van der Waals surface area contributed by atoms with Gasteiger partial charge in [0.2, 0.25) is 0 Å². The van der Waals surface area contributed by atoms with Crippen LogP contribution in [0.25, 0.3) is 11.8 Å². The van der Waals surface area contributed by atoms with E-state index in [1.807, 2.05) is 47.6 Å². The van der Waals surface area contributed by atoms with Crippen LogP contribution in [0.3, 0.4) is 0 Å². The molecule has 5 nitrogen and oxygen atoms in total. The molecular formula is C24H34F2N4O. The molecule has 3 rings (SSSR count). The van der Waals surface area contributed by atoms with E-state index in [-0.39, 0.29) is 18.8 Å². The van der Waals surface area contributed by atoms with Crippen molar-refractivity contribution < 1.29 is 13.6 Å². The highest BCUT2D eigenvalue weighted by atomic mass is 19.1. The molecule has 0 spiro atoms. The third kappa shape index (κ3) is 6.77. The molecule has 1 aliphatic rings. The van der Waals surface area contributed by atoms with Gasteiger partial charge in [0.1, 0.15) is 17.7 Å². The fourth-order valence-corrected chi connectivity index (χ4v) is 2.80. The number of nitrogens with one attached hydrogen (secondary N) is 1. The van der Waals surface area contributed by atoms with Crippen molar-refractivity contribution in [2.75, 3.05) is 18.4 Å². The number of rotatable bonds is 5. The van der Waals surface area contributed by atoms with Crippen molar-refractivity contribution >= 4 is 17.8 Å². The van der Waals surface area contributed by atoms with Crippen LogP contribution in [0.5, 0.6) is 0 Å². The van der Waals surface area contributed by atoms with Crippen LogP contribution >= 0.6 is 0 Å². The second kappa shape index (κ2) is 12.7. The molecule has 1 aliphatic heterocycles. The molecular weight excluding hydrogens is 398 g/mol. The first-order valence-corrected chi connectivity index (χ1v) is 10.8. The van der Waals surface area contributed by atoms with E-state index < -0.39 is 18.0 Å². The Bertz CT molecular complexity index is 899. The lowest BCUT2D eigenvalue weighted by atomic mass is 10.1. The lowest BCUT2D eigenvalue weighted by molar-refractivity contribution is 0.0974. The average Bonchev–Trinajstić information content (AvgIpc) is 3.13. The van der Waals surface area contributed by atoms with Crippen LogP contribution in [0.2, 0.25) is 0 Å². The SMILES string of the molecule is C=C/C(=C\c1cn(-c2cc(NC(=O)N3CC(F)C3)ccc2F)nc1C)CC.CC.CC. The van der Waals surface area contributed by atoms with Crippen molar-refractivity contribution in [3.05, 3.63) is 59.7 Å². The summed E-state index contributed by atoms with van der Waals surface area (Å²) in [6.07, 6.45) is 5.35. The zero-order chi connectivity index (χ0) is 23.6. The van der Waals surface area contributed by atoms with Gasteiger partial charge in [-0.2, -0.15) is 5.10 Å². The minimum absolute atomic E-state index is 0.0804. The molecule has 0 radical (unpaired) electrons. The third-order valence-electron chi connectivity index (χ3n) is 4.52. The zero-order valence-electron chi connectivity index (χ0n) is 19.4. The fraction of sp³-hybridized carbons (Fsp3) is 0.417. The maximum Gasteiger partial charge on any atom is 0.322 e. The maximum atomic E-state index is 14.4. The number of hydrogen-bond acceptors (Lipinski definition) is 2. The Hall–Kier alpha value is -2.96. The second-order valence-electron chi connectivity index (χ2n) is 6.49. The van der Waals surface area contributed by atoms with Gasteiger partial charge in [-0.25, -0.2) is 18.3 Å². The molecule has 2 aromatic rings. The summed E-state index contributed by atoms with van der Waals surface area (Å²) in [7, 11) is 0. The summed E-state index contributed by atoms with van der Waals surface area (Å²) in [6.45, 7) is 15.8. The number of nitrogens with zero attached hydrogens (tertiary/aromatic N) is 3. The Morgan fingerprint density at radius 3 is 2.48 bits per heavy atom. The Labute approximate surface area is 184 Å². The molecule has 0 unspecified atom stereocenters. The summed E-state index contributed by atoms with van der Waals surface area (Å²) < 4.78 is 28.7. The number of aryl methyl sites for hydroxylation is 1. The van der Waals surface area contributed by atoms with Gasteiger partial charge in [0.05, 0.1) is 18.8 Å². The van der Waals surface area contributed by atoms with Gasteiger partial charge in [-0.3, -0.25) is 0 Å². The number of aromatic nitrogens is 2. The highest BCUT2D eigenvalue weighted by Crippen LogP contribution is 2.22. The van der Waals surface area contributed by atoms with E-state index >= 15 is 0 Å². The predicted molar refractivity (Wildman–Crippen MR) is 125 cm³/mol. The van der Waals surface area contributed by atoms with Crippen LogP contribution in [0.4, 0.5) is 19.3 Å². The molecule has 1 aromatic heterocycles. The number of carbonyl (C=O) groups excluding carboxylic acids is 1. The topological polar surface area (TPSA) is 50.2 Å². The van der Waals surface area contributed by atoms with Crippen LogP contribution in [0, 0.1) is 12.7 Å². The fourth-order valence-electron chi connectivity index (χ4n) is 2.80. The Morgan fingerprint density at radius 1 is 1.29 bits per heavy atom. The monoisotopic (exact) mass is 432 g/mol. The Morgan fingerprint density at radius 2 is 1.94 bits per heavy atom. The van der Waals surface area contributed by atoms with Gasteiger partial charge in [0.25, 0.3) is 0 Å². The number of anilines is 1. The number of hydrogen-bond donors (Lipinski definition) is 1. The van der Waals surface area contributed by atoms with Crippen LogP contribution in [0.1, 0.15) is 52.3 Å². The first kappa shape index (κ1) is 26.1. The summed E-state index contributed by atoms with van der Waals surface area (Å²) in [5, 5.41) is 7.04. The van der Waals surface area contributed by atoms with Crippen molar-refractivity contribution in [3.8, 4) is 5.69 Å². The highest BCUT2D eigenvalue weighted by Gasteiger charge is 2.30. The molecule has 1 N–H and O–H groups in total. The number of halogens is 2. The number of likely N-dealkylation sites (tertiary alicyclic amines) is 1. The summed E-state index contributed by atoms with van der Waals surface area (Å²) in [5.41, 5.74) is 3.32. The summed E-state index contributed by atoms with van der Waals surface area (Å²) in [4.78, 5) is 13.4. The van der Waals surface area contributed by atoms with Crippen LogP contribution < -0.4 is 5.32 Å². The Balaban J connectivity index is 0.00000113. The quantitative estimate of drug-likeness (QED) is 0.546. The van der Waals surface area contributed by atoms with Crippen molar-refractivity contribution in [1.29, 1.82) is 0 Å². The minimum Gasteiger partial charge on any atom is -0.319 e. The Kier molecular flexibility index (Phi) is 10.7. The van der Waals surface area contributed by atoms with Gasteiger partial charge in [-0.1, -0.05) is 47.3 Å². The molecule has 7 heteroatoms. The van der Waals surface area contributed by atoms with Gasteiger partial charge >= 0.3 is 6.03 Å². The number of benzene rings is 1. The third-order valence-corrected chi connectivity index (χ3v) is 4.52. The highest BCUT2D eigenvalue weighted by molar-refractivity contribution is 5.90. The van der Waals surface area contributed by atoms with E-state index in [1.165, 1.54) is 27.8 Å². The largest absolute Gasteiger partial charge is 0.322 e. The lowest BCUT2D eigenvalue weighted by Gasteiger charge is -2.34. The van der Waals surface area contributed by atoms with Crippen LogP contribution in [-0.4, -0.2) is 40.0 Å². The zero-order valence-corrected chi connectivity index (χ0v) is 19.4. The van der Waals surface area contributed by atoms with E-state index in [1.54, 1.807) is 12.3 Å². The summed E-state index contributed by atoms with van der Waals surface area (Å²) in [5.74, 6) is -0.460. The maximum absolute atomic E-state index is 14.4. The van der Waals surface area contributed by atoms with Gasteiger partial charge in [0.15, 0.2) is 0 Å². The molecule has 2 heterocycles. The predicted octanol–water partition coefficient (Wildman–Crippen LogP) is 6.54. The van der Waals surface area contributed by atoms with Gasteiger partial charge in [-0.05, 0) is 43.2 Å². The minimum atomic E-state index is -0.971. The van der Waals surface area contributed by atoms with Crippen LogP contribution in [0.15, 0.2) is 42.6 Å². The van der Waals surface area contributed by atoms with E-state index in [0.717, 1.165) is 23.3 Å². The standard InChI is InChI=1S/C20H22F2N4O.2C2H6/c1-4-14(5-2)8-15-10-26(24-13(15)3)19-9-17(6-7-18(19)22)23-20(27)25-11-16(21)12-25;2*1-2/h4,6-10,16H,1,5,11-12H2,2-3H3,(H,23,27);2*1-2H3/b14-8+;;. The molecule has 1 fully saturated rings. The molecule has 0 aliphatic carbocycles. The molecule has 1 saturated heterocycles. The van der Waals surface area contributed by atoms with Crippen molar-refractivity contribution in [3.63, 3.8) is 0 Å². The number of alkyl halides is 1. The van der Waals surface area contributed by atoms with E-state index in [9.17, 15) is 13.6 Å². The second-order valence-corrected chi connectivity index (χ2v) is 6.49. The molecule has 0 saturated carbocycles. The van der Waals surface area contributed by atoms with E-state index in [2.05, 4.69) is 17.0 Å². The van der Waals surface area contributed by atoms with Crippen molar-refractivity contribution in [2.24, 2.45) is 0 Å². The van der Waals surface area contributed by atoms with Crippen molar-refractivity contribution in [2.45, 2.75) is 54.1 Å². The van der Waals surface area contributed by atoms with Crippen LogP contribution in [-0.2, 0) is 0 Å². The number of amides is 2. The smallest absolute Gasteiger partial charge is 0.319 e. The summed E-state index contributed by atoms with van der Waals surface area (Å²) >= 11 is 0. The number of urea groups is 1. The molecule has 31 heavy (non-hydrogen) atoms. The molecule has 2 amide bonds. The number of carbonyl (C=O) groups is 1.